The fraction of sp³-hybridized carbons (Fsp3) is 0.250. The van der Waals surface area contributed by atoms with Crippen LogP contribution in [-0.2, 0) is 13.6 Å². The number of carbonyl (C=O) groups is 1. The number of hydrogen-bond acceptors (Lipinski definition) is 6. The van der Waals surface area contributed by atoms with Crippen molar-refractivity contribution < 1.29 is 9.53 Å². The summed E-state index contributed by atoms with van der Waals surface area (Å²) in [5.41, 5.74) is 8.87. The van der Waals surface area contributed by atoms with Gasteiger partial charge in [0, 0.05) is 35.7 Å². The van der Waals surface area contributed by atoms with Crippen molar-refractivity contribution in [3.05, 3.63) is 65.5 Å². The van der Waals surface area contributed by atoms with Gasteiger partial charge in [-0.15, -0.1) is 10.2 Å². The van der Waals surface area contributed by atoms with Crippen molar-refractivity contribution >= 4 is 23.4 Å². The van der Waals surface area contributed by atoms with E-state index in [1.165, 1.54) is 0 Å². The van der Waals surface area contributed by atoms with Gasteiger partial charge in [0.1, 0.15) is 12.1 Å². The molecule has 1 amide bonds. The summed E-state index contributed by atoms with van der Waals surface area (Å²) < 4.78 is 7.19. The zero-order chi connectivity index (χ0) is 20.1. The Balaban J connectivity index is 1.73. The van der Waals surface area contributed by atoms with Gasteiger partial charge in [-0.25, -0.2) is 0 Å². The number of anilines is 1. The third kappa shape index (κ3) is 4.52. The van der Waals surface area contributed by atoms with Gasteiger partial charge in [-0.2, -0.15) is 0 Å². The van der Waals surface area contributed by atoms with Crippen LogP contribution < -0.4 is 15.8 Å². The first kappa shape index (κ1) is 19.9. The van der Waals surface area contributed by atoms with E-state index in [1.54, 1.807) is 37.3 Å². The lowest BCUT2D eigenvalue weighted by molar-refractivity contribution is 0.102. The zero-order valence-electron chi connectivity index (χ0n) is 16.0. The maximum absolute atomic E-state index is 12.6. The van der Waals surface area contributed by atoms with E-state index in [0.29, 0.717) is 17.9 Å². The summed E-state index contributed by atoms with van der Waals surface area (Å²) >= 11 is 1.61. The quantitative estimate of drug-likeness (QED) is 0.594. The number of thioether (sulfide) groups is 1. The van der Waals surface area contributed by atoms with Crippen LogP contribution in [0.5, 0.6) is 5.75 Å². The first-order chi connectivity index (χ1) is 13.5. The van der Waals surface area contributed by atoms with Gasteiger partial charge in [0.15, 0.2) is 5.16 Å². The van der Waals surface area contributed by atoms with Gasteiger partial charge in [-0.3, -0.25) is 4.79 Å². The molecule has 3 N–H and O–H groups in total. The van der Waals surface area contributed by atoms with Crippen molar-refractivity contribution in [2.24, 2.45) is 12.8 Å². The van der Waals surface area contributed by atoms with E-state index in [-0.39, 0.29) is 11.2 Å². The second-order valence-electron chi connectivity index (χ2n) is 6.29. The van der Waals surface area contributed by atoms with Gasteiger partial charge in [0.25, 0.3) is 5.91 Å². The van der Waals surface area contributed by atoms with Gasteiger partial charge in [-0.1, -0.05) is 30.0 Å². The van der Waals surface area contributed by atoms with E-state index in [1.807, 2.05) is 41.9 Å². The Bertz CT molecular complexity index is 973. The van der Waals surface area contributed by atoms with Gasteiger partial charge in [0.05, 0.1) is 7.11 Å². The van der Waals surface area contributed by atoms with Crippen LogP contribution >= 0.6 is 11.8 Å². The topological polar surface area (TPSA) is 95.1 Å². The maximum Gasteiger partial charge on any atom is 0.255 e. The minimum Gasteiger partial charge on any atom is -0.496 e. The molecule has 1 atom stereocenters. The molecular weight excluding hydrogens is 374 g/mol. The van der Waals surface area contributed by atoms with E-state index in [9.17, 15) is 4.79 Å². The average Bonchev–Trinajstić information content (AvgIpc) is 3.12. The summed E-state index contributed by atoms with van der Waals surface area (Å²) in [6, 6.07) is 13.1. The van der Waals surface area contributed by atoms with Crippen LogP contribution in [0.15, 0.2) is 53.9 Å². The molecule has 8 heteroatoms. The predicted molar refractivity (Wildman–Crippen MR) is 111 cm³/mol. The Hall–Kier alpha value is -2.84. The number of ether oxygens (including phenoxy) is 1. The Morgan fingerprint density at radius 2 is 2.14 bits per heavy atom. The molecule has 0 aliphatic carbocycles. The van der Waals surface area contributed by atoms with Crippen LogP contribution in [0.4, 0.5) is 5.69 Å². The molecule has 2 aromatic carbocycles. The zero-order valence-corrected chi connectivity index (χ0v) is 16.9. The minimum atomic E-state index is -0.201. The molecular formula is C20H23N5O2S. The molecule has 3 rings (SSSR count). The second-order valence-corrected chi connectivity index (χ2v) is 7.60. The SMILES string of the molecule is COc1cc(C(=O)Nc2cccc(C(C)Sc3nncn3C)c2)ccc1CN. The highest BCUT2D eigenvalue weighted by Gasteiger charge is 2.14. The van der Waals surface area contributed by atoms with Crippen molar-refractivity contribution in [2.45, 2.75) is 23.9 Å². The smallest absolute Gasteiger partial charge is 0.255 e. The van der Waals surface area contributed by atoms with Crippen LogP contribution in [0.1, 0.15) is 33.7 Å². The van der Waals surface area contributed by atoms with Crippen molar-refractivity contribution in [3.63, 3.8) is 0 Å². The Kier molecular flexibility index (Phi) is 6.33. The molecule has 7 nitrogen and oxygen atoms in total. The molecule has 1 unspecified atom stereocenters. The van der Waals surface area contributed by atoms with Crippen molar-refractivity contribution in [1.82, 2.24) is 14.8 Å². The molecule has 0 fully saturated rings. The number of nitrogens with zero attached hydrogens (tertiary/aromatic N) is 3. The molecule has 0 radical (unpaired) electrons. The molecule has 0 saturated carbocycles. The molecule has 0 bridgehead atoms. The predicted octanol–water partition coefficient (Wildman–Crippen LogP) is 3.39. The summed E-state index contributed by atoms with van der Waals surface area (Å²) in [4.78, 5) is 12.6. The van der Waals surface area contributed by atoms with Gasteiger partial charge in [-0.05, 0) is 36.8 Å². The molecule has 0 saturated heterocycles. The molecule has 0 aliphatic rings. The first-order valence-electron chi connectivity index (χ1n) is 8.80. The third-order valence-electron chi connectivity index (χ3n) is 4.34. The highest BCUT2D eigenvalue weighted by Crippen LogP contribution is 2.34. The van der Waals surface area contributed by atoms with E-state index >= 15 is 0 Å². The van der Waals surface area contributed by atoms with Crippen LogP contribution in [0.2, 0.25) is 0 Å². The Labute approximate surface area is 168 Å². The number of aryl methyl sites for hydroxylation is 1. The molecule has 1 heterocycles. The van der Waals surface area contributed by atoms with Crippen molar-refractivity contribution in [2.75, 3.05) is 12.4 Å². The largest absolute Gasteiger partial charge is 0.496 e. The van der Waals surface area contributed by atoms with Crippen LogP contribution in [-0.4, -0.2) is 27.8 Å². The van der Waals surface area contributed by atoms with E-state index in [4.69, 9.17) is 10.5 Å². The van der Waals surface area contributed by atoms with E-state index in [2.05, 4.69) is 22.4 Å². The average molecular weight is 398 g/mol. The molecule has 28 heavy (non-hydrogen) atoms. The lowest BCUT2D eigenvalue weighted by atomic mass is 10.1. The number of nitrogens with one attached hydrogen (secondary N) is 1. The lowest BCUT2D eigenvalue weighted by Crippen LogP contribution is -2.13. The summed E-state index contributed by atoms with van der Waals surface area (Å²) in [6.45, 7) is 2.45. The number of methoxy groups -OCH3 is 1. The number of aromatic nitrogens is 3. The fourth-order valence-corrected chi connectivity index (χ4v) is 3.64. The number of nitrogens with two attached hydrogens (primary N) is 1. The summed E-state index contributed by atoms with van der Waals surface area (Å²) in [5, 5.41) is 12.0. The van der Waals surface area contributed by atoms with Crippen molar-refractivity contribution in [3.8, 4) is 5.75 Å². The summed E-state index contributed by atoms with van der Waals surface area (Å²) in [6.07, 6.45) is 1.68. The van der Waals surface area contributed by atoms with Crippen molar-refractivity contribution in [1.29, 1.82) is 0 Å². The standard InChI is InChI=1S/C20H23N5O2S/c1-13(28-20-24-22-12-25(20)2)14-5-4-6-17(9-14)23-19(26)15-7-8-16(11-21)18(10-15)27-3/h4-10,12-13H,11,21H2,1-3H3,(H,23,26). The Morgan fingerprint density at radius 1 is 1.32 bits per heavy atom. The van der Waals surface area contributed by atoms with Gasteiger partial charge >= 0.3 is 0 Å². The van der Waals surface area contributed by atoms with Gasteiger partial charge < -0.3 is 20.4 Å². The van der Waals surface area contributed by atoms with E-state index < -0.39 is 0 Å². The van der Waals surface area contributed by atoms with Crippen LogP contribution in [0, 0.1) is 0 Å². The summed E-state index contributed by atoms with van der Waals surface area (Å²) in [5.74, 6) is 0.408. The molecule has 3 aromatic rings. The normalized spacial score (nSPS) is 11.9. The monoisotopic (exact) mass is 397 g/mol. The second kappa shape index (κ2) is 8.90. The number of hydrogen-bond donors (Lipinski definition) is 2. The third-order valence-corrected chi connectivity index (χ3v) is 5.54. The summed E-state index contributed by atoms with van der Waals surface area (Å²) in [7, 11) is 3.48. The number of carbonyl (C=O) groups excluding carboxylic acids is 1. The molecule has 0 aliphatic heterocycles. The van der Waals surface area contributed by atoms with Crippen LogP contribution in [0.25, 0.3) is 0 Å². The fourth-order valence-electron chi connectivity index (χ4n) is 2.73. The molecule has 0 spiro atoms. The first-order valence-corrected chi connectivity index (χ1v) is 9.68. The number of rotatable bonds is 7. The van der Waals surface area contributed by atoms with Gasteiger partial charge in [0.2, 0.25) is 0 Å². The van der Waals surface area contributed by atoms with E-state index in [0.717, 1.165) is 22.0 Å². The Morgan fingerprint density at radius 3 is 2.82 bits per heavy atom. The number of amides is 1. The highest BCUT2D eigenvalue weighted by molar-refractivity contribution is 7.99. The molecule has 146 valence electrons. The highest BCUT2D eigenvalue weighted by atomic mass is 32.2. The van der Waals surface area contributed by atoms with Crippen LogP contribution in [0.3, 0.4) is 0 Å². The molecule has 1 aromatic heterocycles. The maximum atomic E-state index is 12.6. The number of benzene rings is 2. The minimum absolute atomic E-state index is 0.156. The lowest BCUT2D eigenvalue weighted by Gasteiger charge is -2.13.